The molecule has 90 valence electrons. The number of hydrogen-bond acceptors (Lipinski definition) is 4. The molecule has 0 aromatic carbocycles. The van der Waals surface area contributed by atoms with Crippen LogP contribution in [0, 0.1) is 0 Å². The first-order chi connectivity index (χ1) is 7.54. The molecule has 0 N–H and O–H groups in total. The van der Waals surface area contributed by atoms with Gasteiger partial charge < -0.3 is 9.47 Å². The molecule has 0 bridgehead atoms. The Morgan fingerprint density at radius 3 is 2.00 bits per heavy atom. The molecule has 0 radical (unpaired) electrons. The molecule has 0 aliphatic rings. The third kappa shape index (κ3) is 5.34. The van der Waals surface area contributed by atoms with Crippen LogP contribution in [0.5, 0.6) is 0 Å². The molecule has 0 saturated heterocycles. The van der Waals surface area contributed by atoms with E-state index in [0.717, 1.165) is 17.6 Å². The van der Waals surface area contributed by atoms with E-state index in [-0.39, 0.29) is 0 Å². The monoisotopic (exact) mass is 226 g/mol. The summed E-state index contributed by atoms with van der Waals surface area (Å²) in [4.78, 5) is 22.2. The van der Waals surface area contributed by atoms with Crippen LogP contribution in [0.2, 0.25) is 0 Å². The second-order valence-electron chi connectivity index (χ2n) is 3.29. The summed E-state index contributed by atoms with van der Waals surface area (Å²) in [5.74, 6) is -0.842. The van der Waals surface area contributed by atoms with Crippen molar-refractivity contribution in [2.24, 2.45) is 0 Å². The zero-order valence-corrected chi connectivity index (χ0v) is 10.2. The van der Waals surface area contributed by atoms with Crippen molar-refractivity contribution < 1.29 is 19.1 Å². The van der Waals surface area contributed by atoms with E-state index in [1.165, 1.54) is 26.4 Å². The summed E-state index contributed by atoms with van der Waals surface area (Å²) in [5, 5.41) is 0. The van der Waals surface area contributed by atoms with Gasteiger partial charge in [-0.05, 0) is 24.5 Å². The predicted octanol–water partition coefficient (Wildman–Crippen LogP) is 2.01. The average molecular weight is 226 g/mol. The summed E-state index contributed by atoms with van der Waals surface area (Å²) in [6, 6.07) is 0. The second kappa shape index (κ2) is 7.68. The zero-order chi connectivity index (χ0) is 12.6. The molecular weight excluding hydrogens is 208 g/mol. The molecule has 0 amide bonds. The second-order valence-corrected chi connectivity index (χ2v) is 3.29. The smallest absolute Gasteiger partial charge is 0.330 e. The van der Waals surface area contributed by atoms with Gasteiger partial charge >= 0.3 is 11.9 Å². The Morgan fingerprint density at radius 2 is 1.56 bits per heavy atom. The molecule has 0 aromatic heterocycles. The molecule has 0 aromatic rings. The van der Waals surface area contributed by atoms with E-state index < -0.39 is 11.9 Å². The van der Waals surface area contributed by atoms with Crippen LogP contribution in [0.3, 0.4) is 0 Å². The Labute approximate surface area is 95.9 Å². The Kier molecular flexibility index (Phi) is 6.92. The van der Waals surface area contributed by atoms with E-state index in [1.807, 2.05) is 6.92 Å². The van der Waals surface area contributed by atoms with E-state index in [1.54, 1.807) is 6.92 Å². The van der Waals surface area contributed by atoms with Crippen LogP contribution in [0.4, 0.5) is 0 Å². The summed E-state index contributed by atoms with van der Waals surface area (Å²) in [6.07, 6.45) is 4.37. The van der Waals surface area contributed by atoms with Gasteiger partial charge in [0, 0.05) is 12.2 Å². The van der Waals surface area contributed by atoms with E-state index in [9.17, 15) is 9.59 Å². The standard InChI is InChI=1S/C12H18O4/c1-5-6-10(8-12(14)16-4)9(2)7-11(13)15-3/h7-8H,5-6H2,1-4H3/b9-7+,10-8+. The Balaban J connectivity index is 4.91. The van der Waals surface area contributed by atoms with Crippen molar-refractivity contribution >= 4 is 11.9 Å². The molecule has 16 heavy (non-hydrogen) atoms. The third-order valence-corrected chi connectivity index (χ3v) is 2.05. The van der Waals surface area contributed by atoms with Crippen molar-refractivity contribution in [2.45, 2.75) is 26.7 Å². The van der Waals surface area contributed by atoms with Gasteiger partial charge in [0.2, 0.25) is 0 Å². The maximum Gasteiger partial charge on any atom is 0.330 e. The van der Waals surface area contributed by atoms with Crippen LogP contribution in [0.15, 0.2) is 23.3 Å². The van der Waals surface area contributed by atoms with Crippen LogP contribution in [-0.2, 0) is 19.1 Å². The molecular formula is C12H18O4. The van der Waals surface area contributed by atoms with E-state index >= 15 is 0 Å². The normalized spacial score (nSPS) is 12.2. The van der Waals surface area contributed by atoms with E-state index in [2.05, 4.69) is 9.47 Å². The lowest BCUT2D eigenvalue weighted by Gasteiger charge is -2.06. The van der Waals surface area contributed by atoms with Crippen LogP contribution < -0.4 is 0 Å². The van der Waals surface area contributed by atoms with Crippen molar-refractivity contribution in [2.75, 3.05) is 14.2 Å². The van der Waals surface area contributed by atoms with E-state index in [4.69, 9.17) is 0 Å². The first kappa shape index (κ1) is 14.4. The van der Waals surface area contributed by atoms with Crippen molar-refractivity contribution in [3.63, 3.8) is 0 Å². The van der Waals surface area contributed by atoms with Gasteiger partial charge in [-0.25, -0.2) is 9.59 Å². The quantitative estimate of drug-likeness (QED) is 0.409. The lowest BCUT2D eigenvalue weighted by atomic mass is 10.0. The van der Waals surface area contributed by atoms with Gasteiger partial charge in [0.15, 0.2) is 0 Å². The molecule has 0 rings (SSSR count). The van der Waals surface area contributed by atoms with Crippen LogP contribution in [0.25, 0.3) is 0 Å². The van der Waals surface area contributed by atoms with Crippen molar-refractivity contribution in [1.82, 2.24) is 0 Å². The summed E-state index contributed by atoms with van der Waals surface area (Å²) in [5.41, 5.74) is 1.51. The summed E-state index contributed by atoms with van der Waals surface area (Å²) in [6.45, 7) is 3.76. The van der Waals surface area contributed by atoms with Gasteiger partial charge in [-0.3, -0.25) is 0 Å². The first-order valence-electron chi connectivity index (χ1n) is 5.10. The fourth-order valence-electron chi connectivity index (χ4n) is 1.18. The molecule has 0 spiro atoms. The van der Waals surface area contributed by atoms with Gasteiger partial charge in [-0.15, -0.1) is 0 Å². The minimum absolute atomic E-state index is 0.416. The number of methoxy groups -OCH3 is 2. The SMILES string of the molecule is CCCC(=C\C(=O)OC)/C(C)=C/C(=O)OC. The topological polar surface area (TPSA) is 52.6 Å². The van der Waals surface area contributed by atoms with Gasteiger partial charge in [0.25, 0.3) is 0 Å². The molecule has 0 unspecified atom stereocenters. The minimum Gasteiger partial charge on any atom is -0.466 e. The van der Waals surface area contributed by atoms with Gasteiger partial charge in [-0.2, -0.15) is 0 Å². The van der Waals surface area contributed by atoms with Gasteiger partial charge in [0.05, 0.1) is 14.2 Å². The zero-order valence-electron chi connectivity index (χ0n) is 10.2. The number of ether oxygens (including phenoxy) is 2. The largest absolute Gasteiger partial charge is 0.466 e. The first-order valence-corrected chi connectivity index (χ1v) is 5.10. The van der Waals surface area contributed by atoms with Crippen LogP contribution >= 0.6 is 0 Å². The highest BCUT2D eigenvalue weighted by molar-refractivity contribution is 5.86. The Bertz CT molecular complexity index is 313. The van der Waals surface area contributed by atoms with Crippen LogP contribution in [0.1, 0.15) is 26.7 Å². The lowest BCUT2D eigenvalue weighted by Crippen LogP contribution is -2.01. The highest BCUT2D eigenvalue weighted by Crippen LogP contribution is 2.15. The summed E-state index contributed by atoms with van der Waals surface area (Å²) < 4.78 is 9.07. The van der Waals surface area contributed by atoms with Crippen molar-refractivity contribution in [3.8, 4) is 0 Å². The molecule has 0 saturated carbocycles. The fourth-order valence-corrected chi connectivity index (χ4v) is 1.18. The Morgan fingerprint density at radius 1 is 1.06 bits per heavy atom. The number of carbonyl (C=O) groups is 2. The third-order valence-electron chi connectivity index (χ3n) is 2.05. The predicted molar refractivity (Wildman–Crippen MR) is 60.8 cm³/mol. The summed E-state index contributed by atoms with van der Waals surface area (Å²) >= 11 is 0. The molecule has 0 heterocycles. The number of rotatable bonds is 5. The molecule has 4 heteroatoms. The maximum atomic E-state index is 11.1. The molecule has 0 atom stereocenters. The lowest BCUT2D eigenvalue weighted by molar-refractivity contribution is -0.135. The number of esters is 2. The average Bonchev–Trinajstić information content (AvgIpc) is 2.27. The maximum absolute atomic E-state index is 11.1. The number of carbonyl (C=O) groups excluding carboxylic acids is 2. The minimum atomic E-state index is -0.427. The number of hydrogen-bond donors (Lipinski definition) is 0. The highest BCUT2D eigenvalue weighted by atomic mass is 16.5. The van der Waals surface area contributed by atoms with Crippen molar-refractivity contribution in [3.05, 3.63) is 23.3 Å². The van der Waals surface area contributed by atoms with E-state index in [0.29, 0.717) is 6.42 Å². The van der Waals surface area contributed by atoms with Gasteiger partial charge in [-0.1, -0.05) is 13.3 Å². The Hall–Kier alpha value is -1.58. The molecule has 0 fully saturated rings. The molecule has 0 aliphatic carbocycles. The summed E-state index contributed by atoms with van der Waals surface area (Å²) in [7, 11) is 2.64. The fraction of sp³-hybridized carbons (Fsp3) is 0.500. The molecule has 4 nitrogen and oxygen atoms in total. The van der Waals surface area contributed by atoms with Gasteiger partial charge in [0.1, 0.15) is 0 Å². The highest BCUT2D eigenvalue weighted by Gasteiger charge is 2.05. The number of allylic oxidation sites excluding steroid dienone is 2. The van der Waals surface area contributed by atoms with Crippen LogP contribution in [-0.4, -0.2) is 26.2 Å². The molecule has 0 aliphatic heterocycles. The van der Waals surface area contributed by atoms with Crippen molar-refractivity contribution in [1.29, 1.82) is 0 Å².